The average molecular weight is 460 g/mol. The molecule has 0 saturated carbocycles. The fraction of sp³-hybridized carbons (Fsp3) is 0.0952. The number of benzene rings is 3. The zero-order chi connectivity index (χ0) is 20.1. The van der Waals surface area contributed by atoms with Crippen LogP contribution in [0.25, 0.3) is 0 Å². The van der Waals surface area contributed by atoms with Crippen LogP contribution in [0.5, 0.6) is 5.75 Å². The standard InChI is InChI=1S/C21H16BrClN2O3/c1-14-2-6-17(23)11-20(14)24-12-16-5-9-21(19(22)10-16)28-13-15-3-7-18(8-4-15)25(26)27/h2-12H,13H2,1H3. The molecule has 5 nitrogen and oxygen atoms in total. The second-order valence-electron chi connectivity index (χ2n) is 6.09. The summed E-state index contributed by atoms with van der Waals surface area (Å²) in [7, 11) is 0. The first kappa shape index (κ1) is 20.0. The van der Waals surface area contributed by atoms with Crippen LogP contribution in [0.2, 0.25) is 5.02 Å². The van der Waals surface area contributed by atoms with Gasteiger partial charge in [0.15, 0.2) is 0 Å². The van der Waals surface area contributed by atoms with E-state index in [2.05, 4.69) is 20.9 Å². The molecule has 0 unspecified atom stereocenters. The van der Waals surface area contributed by atoms with Gasteiger partial charge in [0, 0.05) is 23.4 Å². The van der Waals surface area contributed by atoms with Crippen molar-refractivity contribution in [1.29, 1.82) is 0 Å². The second-order valence-corrected chi connectivity index (χ2v) is 7.38. The van der Waals surface area contributed by atoms with Gasteiger partial charge in [0.05, 0.1) is 15.1 Å². The summed E-state index contributed by atoms with van der Waals surface area (Å²) in [5.41, 5.74) is 3.68. The molecule has 0 atom stereocenters. The minimum Gasteiger partial charge on any atom is -0.488 e. The Morgan fingerprint density at radius 3 is 2.57 bits per heavy atom. The lowest BCUT2D eigenvalue weighted by Crippen LogP contribution is -1.97. The Balaban J connectivity index is 1.67. The maximum Gasteiger partial charge on any atom is 0.269 e. The molecule has 0 bridgehead atoms. The van der Waals surface area contributed by atoms with E-state index in [-0.39, 0.29) is 5.69 Å². The van der Waals surface area contributed by atoms with Crippen molar-refractivity contribution in [3.05, 3.63) is 97.0 Å². The molecule has 0 aliphatic rings. The van der Waals surface area contributed by atoms with E-state index in [1.165, 1.54) is 12.1 Å². The van der Waals surface area contributed by atoms with Gasteiger partial charge in [0.25, 0.3) is 5.69 Å². The smallest absolute Gasteiger partial charge is 0.269 e. The monoisotopic (exact) mass is 458 g/mol. The first-order valence-corrected chi connectivity index (χ1v) is 9.55. The molecule has 0 radical (unpaired) electrons. The van der Waals surface area contributed by atoms with Gasteiger partial charge >= 0.3 is 0 Å². The SMILES string of the molecule is Cc1ccc(Cl)cc1N=Cc1ccc(OCc2ccc([N+](=O)[O-])cc2)c(Br)c1. The Bertz CT molecular complexity index is 1040. The summed E-state index contributed by atoms with van der Waals surface area (Å²) in [5.74, 6) is 0.675. The van der Waals surface area contributed by atoms with E-state index in [1.807, 2.05) is 43.3 Å². The number of rotatable bonds is 6. The van der Waals surface area contributed by atoms with E-state index < -0.39 is 4.92 Å². The minimum absolute atomic E-state index is 0.0588. The van der Waals surface area contributed by atoms with Crippen molar-refractivity contribution in [3.63, 3.8) is 0 Å². The molecule has 0 saturated heterocycles. The summed E-state index contributed by atoms with van der Waals surface area (Å²) in [6, 6.07) is 17.5. The van der Waals surface area contributed by atoms with E-state index in [0.717, 1.165) is 26.9 Å². The van der Waals surface area contributed by atoms with Crippen LogP contribution >= 0.6 is 27.5 Å². The number of non-ortho nitro benzene ring substituents is 1. The third-order valence-electron chi connectivity index (χ3n) is 4.02. The summed E-state index contributed by atoms with van der Waals surface area (Å²) < 4.78 is 6.59. The fourth-order valence-electron chi connectivity index (χ4n) is 2.46. The average Bonchev–Trinajstić information content (AvgIpc) is 2.68. The van der Waals surface area contributed by atoms with Gasteiger partial charge in [-0.05, 0) is 82.0 Å². The molecule has 0 spiro atoms. The van der Waals surface area contributed by atoms with Gasteiger partial charge in [0.1, 0.15) is 12.4 Å². The molecule has 3 aromatic carbocycles. The number of nitrogens with zero attached hydrogens (tertiary/aromatic N) is 2. The zero-order valence-electron chi connectivity index (χ0n) is 14.9. The number of hydrogen-bond donors (Lipinski definition) is 0. The largest absolute Gasteiger partial charge is 0.488 e. The highest BCUT2D eigenvalue weighted by atomic mass is 79.9. The van der Waals surface area contributed by atoms with E-state index in [4.69, 9.17) is 16.3 Å². The highest BCUT2D eigenvalue weighted by Crippen LogP contribution is 2.27. The predicted molar refractivity (Wildman–Crippen MR) is 115 cm³/mol. The van der Waals surface area contributed by atoms with Gasteiger partial charge in [-0.25, -0.2) is 0 Å². The molecular weight excluding hydrogens is 444 g/mol. The van der Waals surface area contributed by atoms with Crippen LogP contribution in [-0.2, 0) is 6.61 Å². The quantitative estimate of drug-likeness (QED) is 0.235. The topological polar surface area (TPSA) is 64.7 Å². The van der Waals surface area contributed by atoms with Crippen LogP contribution in [0.15, 0.2) is 70.1 Å². The van der Waals surface area contributed by atoms with E-state index in [9.17, 15) is 10.1 Å². The van der Waals surface area contributed by atoms with Crippen LogP contribution < -0.4 is 4.74 Å². The van der Waals surface area contributed by atoms with E-state index >= 15 is 0 Å². The summed E-state index contributed by atoms with van der Waals surface area (Å²) in [5, 5.41) is 11.3. The number of halogens is 2. The first-order chi connectivity index (χ1) is 13.4. The fourth-order valence-corrected chi connectivity index (χ4v) is 3.13. The number of aliphatic imine (C=N–C) groups is 1. The van der Waals surface area contributed by atoms with Gasteiger partial charge in [0.2, 0.25) is 0 Å². The number of ether oxygens (including phenoxy) is 1. The van der Waals surface area contributed by atoms with Crippen molar-refractivity contribution < 1.29 is 9.66 Å². The molecule has 0 aromatic heterocycles. The normalized spacial score (nSPS) is 11.0. The first-order valence-electron chi connectivity index (χ1n) is 8.38. The molecule has 0 amide bonds. The van der Waals surface area contributed by atoms with Crippen molar-refractivity contribution in [2.24, 2.45) is 4.99 Å². The number of hydrogen-bond acceptors (Lipinski definition) is 4. The van der Waals surface area contributed by atoms with Crippen LogP contribution in [0, 0.1) is 17.0 Å². The summed E-state index contributed by atoms with van der Waals surface area (Å²) in [4.78, 5) is 14.8. The maximum absolute atomic E-state index is 10.7. The van der Waals surface area contributed by atoms with Crippen LogP contribution in [0.4, 0.5) is 11.4 Å². The Labute approximate surface area is 175 Å². The third-order valence-corrected chi connectivity index (χ3v) is 4.88. The predicted octanol–water partition coefficient (Wildman–Crippen LogP) is 6.65. The van der Waals surface area contributed by atoms with Crippen molar-refractivity contribution in [1.82, 2.24) is 0 Å². The van der Waals surface area contributed by atoms with E-state index in [0.29, 0.717) is 17.4 Å². The zero-order valence-corrected chi connectivity index (χ0v) is 17.3. The summed E-state index contributed by atoms with van der Waals surface area (Å²) in [6.45, 7) is 2.29. The van der Waals surface area contributed by atoms with Gasteiger partial charge < -0.3 is 4.74 Å². The van der Waals surface area contributed by atoms with Gasteiger partial charge in [-0.3, -0.25) is 15.1 Å². The van der Waals surface area contributed by atoms with Gasteiger partial charge in [-0.15, -0.1) is 0 Å². The van der Waals surface area contributed by atoms with Crippen LogP contribution in [0.1, 0.15) is 16.7 Å². The lowest BCUT2D eigenvalue weighted by Gasteiger charge is -2.09. The highest BCUT2D eigenvalue weighted by molar-refractivity contribution is 9.10. The molecular formula is C21H16BrClN2O3. The van der Waals surface area contributed by atoms with Crippen molar-refractivity contribution in [3.8, 4) is 5.75 Å². The van der Waals surface area contributed by atoms with Gasteiger partial charge in [-0.1, -0.05) is 17.7 Å². The number of nitro groups is 1. The van der Waals surface area contributed by atoms with Crippen molar-refractivity contribution in [2.75, 3.05) is 0 Å². The molecule has 0 fully saturated rings. The molecule has 7 heteroatoms. The Hall–Kier alpha value is -2.70. The summed E-state index contributed by atoms with van der Waals surface area (Å²) in [6.07, 6.45) is 1.77. The highest BCUT2D eigenvalue weighted by Gasteiger charge is 2.06. The molecule has 0 aliphatic heterocycles. The maximum atomic E-state index is 10.7. The molecule has 142 valence electrons. The molecule has 0 aliphatic carbocycles. The molecule has 3 aromatic rings. The Morgan fingerprint density at radius 1 is 1.14 bits per heavy atom. The number of nitro benzene ring substituents is 1. The molecule has 3 rings (SSSR count). The second kappa shape index (κ2) is 8.99. The van der Waals surface area contributed by atoms with Crippen LogP contribution in [-0.4, -0.2) is 11.1 Å². The molecule has 0 heterocycles. The Kier molecular flexibility index (Phi) is 6.44. The molecule has 28 heavy (non-hydrogen) atoms. The van der Waals surface area contributed by atoms with Gasteiger partial charge in [-0.2, -0.15) is 0 Å². The van der Waals surface area contributed by atoms with Crippen molar-refractivity contribution >= 4 is 45.1 Å². The third kappa shape index (κ3) is 5.18. The molecule has 0 N–H and O–H groups in total. The van der Waals surface area contributed by atoms with E-state index in [1.54, 1.807) is 18.3 Å². The van der Waals surface area contributed by atoms with Crippen LogP contribution in [0.3, 0.4) is 0 Å². The van der Waals surface area contributed by atoms with Crippen molar-refractivity contribution in [2.45, 2.75) is 13.5 Å². The minimum atomic E-state index is -0.424. The lowest BCUT2D eigenvalue weighted by atomic mass is 10.2. The Morgan fingerprint density at radius 2 is 1.89 bits per heavy atom. The lowest BCUT2D eigenvalue weighted by molar-refractivity contribution is -0.384. The number of aryl methyl sites for hydroxylation is 1. The summed E-state index contributed by atoms with van der Waals surface area (Å²) >= 11 is 9.53.